The van der Waals surface area contributed by atoms with E-state index in [0.717, 1.165) is 12.8 Å². The van der Waals surface area contributed by atoms with Gasteiger partial charge >= 0.3 is 5.97 Å². The third-order valence-corrected chi connectivity index (χ3v) is 4.15. The molecule has 0 amide bonds. The summed E-state index contributed by atoms with van der Waals surface area (Å²) in [6, 6.07) is 0.422. The molecule has 1 aromatic heterocycles. The smallest absolute Gasteiger partial charge is 0.341 e. The average molecular weight is 291 g/mol. The number of aryl methyl sites for hydroxylation is 1. The van der Waals surface area contributed by atoms with Gasteiger partial charge in [-0.1, -0.05) is 13.8 Å². The van der Waals surface area contributed by atoms with Crippen molar-refractivity contribution in [1.29, 1.82) is 0 Å². The van der Waals surface area contributed by atoms with Crippen molar-refractivity contribution in [1.82, 2.24) is 9.97 Å². The number of hydrogen-bond donors (Lipinski definition) is 1. The standard InChI is InChI=1S/C16H25N3O2/c1-5-21-14(20)13-10-17-15(18-11(13)2)19-12-6-8-16(3,4)9-7-12/h10,12H,5-9H2,1-4H3,(H,17,18,19). The molecule has 0 spiro atoms. The second-order valence-electron chi connectivity index (χ2n) is 6.50. The highest BCUT2D eigenvalue weighted by atomic mass is 16.5. The maximum absolute atomic E-state index is 11.7. The lowest BCUT2D eigenvalue weighted by Gasteiger charge is -2.34. The number of ether oxygens (including phenoxy) is 1. The van der Waals surface area contributed by atoms with Crippen molar-refractivity contribution >= 4 is 11.9 Å². The van der Waals surface area contributed by atoms with Crippen molar-refractivity contribution in [3.05, 3.63) is 17.5 Å². The average Bonchev–Trinajstić information content (AvgIpc) is 2.41. The van der Waals surface area contributed by atoms with Gasteiger partial charge in [-0.2, -0.15) is 0 Å². The van der Waals surface area contributed by atoms with E-state index in [1.807, 2.05) is 6.92 Å². The molecule has 1 aliphatic carbocycles. The number of aromatic nitrogens is 2. The first kappa shape index (κ1) is 15.7. The number of rotatable bonds is 4. The van der Waals surface area contributed by atoms with Gasteiger partial charge in [0.05, 0.1) is 17.9 Å². The number of carbonyl (C=O) groups is 1. The first-order valence-corrected chi connectivity index (χ1v) is 7.68. The highest BCUT2D eigenvalue weighted by Gasteiger charge is 2.27. The molecule has 0 unspecified atom stereocenters. The second kappa shape index (κ2) is 6.41. The first-order chi connectivity index (χ1) is 9.91. The van der Waals surface area contributed by atoms with Crippen LogP contribution in [0.15, 0.2) is 6.20 Å². The lowest BCUT2D eigenvalue weighted by molar-refractivity contribution is 0.0524. The predicted octanol–water partition coefficient (Wildman–Crippen LogP) is 3.34. The molecule has 5 heteroatoms. The van der Waals surface area contributed by atoms with Crippen LogP contribution >= 0.6 is 0 Å². The van der Waals surface area contributed by atoms with Gasteiger partial charge in [-0.25, -0.2) is 14.8 Å². The fourth-order valence-corrected chi connectivity index (χ4v) is 2.67. The molecule has 1 saturated carbocycles. The monoisotopic (exact) mass is 291 g/mol. The van der Waals surface area contributed by atoms with Crippen LogP contribution in [0.3, 0.4) is 0 Å². The summed E-state index contributed by atoms with van der Waals surface area (Å²) in [4.78, 5) is 20.3. The third kappa shape index (κ3) is 4.16. The molecule has 0 radical (unpaired) electrons. The summed E-state index contributed by atoms with van der Waals surface area (Å²) in [6.07, 6.45) is 6.24. The Balaban J connectivity index is 1.99. The first-order valence-electron chi connectivity index (χ1n) is 7.68. The normalized spacial score (nSPS) is 18.3. The SMILES string of the molecule is CCOC(=O)c1cnc(NC2CCC(C)(C)CC2)nc1C. The van der Waals surface area contributed by atoms with Crippen LogP contribution in [0.25, 0.3) is 0 Å². The molecular formula is C16H25N3O2. The van der Waals surface area contributed by atoms with E-state index in [0.29, 0.717) is 35.3 Å². The quantitative estimate of drug-likeness (QED) is 0.862. The van der Waals surface area contributed by atoms with E-state index in [2.05, 4.69) is 29.1 Å². The van der Waals surface area contributed by atoms with Crippen molar-refractivity contribution in [2.24, 2.45) is 5.41 Å². The fraction of sp³-hybridized carbons (Fsp3) is 0.688. The van der Waals surface area contributed by atoms with Crippen molar-refractivity contribution < 1.29 is 9.53 Å². The Labute approximate surface area is 126 Å². The van der Waals surface area contributed by atoms with E-state index in [9.17, 15) is 4.79 Å². The molecular weight excluding hydrogens is 266 g/mol. The van der Waals surface area contributed by atoms with E-state index in [-0.39, 0.29) is 5.97 Å². The van der Waals surface area contributed by atoms with Crippen molar-refractivity contribution in [3.8, 4) is 0 Å². The van der Waals surface area contributed by atoms with Crippen LogP contribution in [0.2, 0.25) is 0 Å². The predicted molar refractivity (Wildman–Crippen MR) is 82.4 cm³/mol. The van der Waals surface area contributed by atoms with Gasteiger partial charge in [0.25, 0.3) is 0 Å². The summed E-state index contributed by atoms with van der Waals surface area (Å²) in [5.41, 5.74) is 1.54. The van der Waals surface area contributed by atoms with Gasteiger partial charge in [0.1, 0.15) is 0 Å². The highest BCUT2D eigenvalue weighted by molar-refractivity contribution is 5.90. The topological polar surface area (TPSA) is 64.1 Å². The summed E-state index contributed by atoms with van der Waals surface area (Å²) in [6.45, 7) is 8.59. The number of nitrogens with one attached hydrogen (secondary N) is 1. The Kier molecular flexibility index (Phi) is 4.80. The molecule has 1 heterocycles. The molecule has 0 saturated heterocycles. The third-order valence-electron chi connectivity index (χ3n) is 4.15. The summed E-state index contributed by atoms with van der Waals surface area (Å²) < 4.78 is 4.98. The lowest BCUT2D eigenvalue weighted by Crippen LogP contribution is -2.30. The Hall–Kier alpha value is -1.65. The van der Waals surface area contributed by atoms with E-state index < -0.39 is 0 Å². The maximum atomic E-state index is 11.7. The van der Waals surface area contributed by atoms with Crippen LogP contribution in [0.5, 0.6) is 0 Å². The fourth-order valence-electron chi connectivity index (χ4n) is 2.67. The number of esters is 1. The van der Waals surface area contributed by atoms with Crippen molar-refractivity contribution in [2.75, 3.05) is 11.9 Å². The Morgan fingerprint density at radius 3 is 2.67 bits per heavy atom. The molecule has 1 aliphatic rings. The summed E-state index contributed by atoms with van der Waals surface area (Å²) in [7, 11) is 0. The zero-order valence-electron chi connectivity index (χ0n) is 13.4. The van der Waals surface area contributed by atoms with Gasteiger partial charge in [0.15, 0.2) is 0 Å². The molecule has 5 nitrogen and oxygen atoms in total. The highest BCUT2D eigenvalue weighted by Crippen LogP contribution is 2.35. The summed E-state index contributed by atoms with van der Waals surface area (Å²) in [5.74, 6) is 0.242. The van der Waals surface area contributed by atoms with Crippen LogP contribution in [-0.2, 0) is 4.74 Å². The molecule has 116 valence electrons. The maximum Gasteiger partial charge on any atom is 0.341 e. The molecule has 21 heavy (non-hydrogen) atoms. The van der Waals surface area contributed by atoms with Gasteiger partial charge in [0.2, 0.25) is 5.95 Å². The summed E-state index contributed by atoms with van der Waals surface area (Å²) >= 11 is 0. The zero-order valence-corrected chi connectivity index (χ0v) is 13.4. The molecule has 0 atom stereocenters. The van der Waals surface area contributed by atoms with Crippen LogP contribution in [0, 0.1) is 12.3 Å². The van der Waals surface area contributed by atoms with E-state index >= 15 is 0 Å². The van der Waals surface area contributed by atoms with E-state index in [1.54, 1.807) is 13.1 Å². The van der Waals surface area contributed by atoms with Gasteiger partial charge < -0.3 is 10.1 Å². The minimum atomic E-state index is -0.360. The Morgan fingerprint density at radius 1 is 1.43 bits per heavy atom. The van der Waals surface area contributed by atoms with E-state index in [4.69, 9.17) is 4.74 Å². The number of hydrogen-bond acceptors (Lipinski definition) is 5. The summed E-state index contributed by atoms with van der Waals surface area (Å²) in [5, 5.41) is 3.38. The minimum absolute atomic E-state index is 0.357. The zero-order chi connectivity index (χ0) is 15.5. The number of nitrogens with zero attached hydrogens (tertiary/aromatic N) is 2. The van der Waals surface area contributed by atoms with Crippen LogP contribution < -0.4 is 5.32 Å². The van der Waals surface area contributed by atoms with Crippen molar-refractivity contribution in [2.45, 2.75) is 59.4 Å². The Bertz CT molecular complexity index is 504. The largest absolute Gasteiger partial charge is 0.462 e. The van der Waals surface area contributed by atoms with Gasteiger partial charge in [-0.05, 0) is 44.9 Å². The molecule has 2 rings (SSSR count). The lowest BCUT2D eigenvalue weighted by atomic mass is 9.76. The molecule has 1 aromatic rings. The molecule has 0 aromatic carbocycles. The molecule has 0 aliphatic heterocycles. The van der Waals surface area contributed by atoms with Gasteiger partial charge in [-0.3, -0.25) is 0 Å². The van der Waals surface area contributed by atoms with E-state index in [1.165, 1.54) is 12.8 Å². The van der Waals surface area contributed by atoms with Crippen LogP contribution in [0.1, 0.15) is 62.5 Å². The molecule has 0 bridgehead atoms. The van der Waals surface area contributed by atoms with Gasteiger partial charge in [-0.15, -0.1) is 0 Å². The Morgan fingerprint density at radius 2 is 2.10 bits per heavy atom. The van der Waals surface area contributed by atoms with Crippen molar-refractivity contribution in [3.63, 3.8) is 0 Å². The molecule has 1 fully saturated rings. The second-order valence-corrected chi connectivity index (χ2v) is 6.50. The van der Waals surface area contributed by atoms with Crippen LogP contribution in [-0.4, -0.2) is 28.6 Å². The molecule has 1 N–H and O–H groups in total. The number of carbonyl (C=O) groups excluding carboxylic acids is 1. The number of anilines is 1. The minimum Gasteiger partial charge on any atom is -0.462 e. The van der Waals surface area contributed by atoms with Gasteiger partial charge in [0, 0.05) is 12.2 Å². The van der Waals surface area contributed by atoms with Crippen LogP contribution in [0.4, 0.5) is 5.95 Å².